The molecule has 14 heteroatoms. The van der Waals surface area contributed by atoms with E-state index in [-0.39, 0.29) is 18.9 Å². The van der Waals surface area contributed by atoms with E-state index in [1.165, 1.54) is 6.92 Å². The second kappa shape index (κ2) is 13.6. The van der Waals surface area contributed by atoms with Gasteiger partial charge in [0.05, 0.1) is 6.10 Å². The summed E-state index contributed by atoms with van der Waals surface area (Å²) in [6, 6.07) is 0. The standard InChI is InChI=1S/C8H15N3O3S.C8H17N3O3S/c1-8(2,4-5-10-11-9)7(12)6-15(3,13)14;1-6(15(13)14)7(12)8(2,3)4-5-10-11-9/h4-6H2,1-3H3;6-7,12H,4-5H2,1-3H3,(H,13,14)/p-1. The summed E-state index contributed by atoms with van der Waals surface area (Å²) in [6.45, 7) is 8.67. The van der Waals surface area contributed by atoms with Gasteiger partial charge in [0.1, 0.15) is 5.75 Å². The molecular formula is C16H31N6O6S2-. The lowest BCUT2D eigenvalue weighted by atomic mass is 9.82. The van der Waals surface area contributed by atoms with Crippen molar-refractivity contribution < 1.29 is 27.1 Å². The Morgan fingerprint density at radius 2 is 1.57 bits per heavy atom. The fraction of sp³-hybridized carbons (Fsp3) is 0.938. The molecule has 0 aliphatic rings. The maximum Gasteiger partial charge on any atom is 0.154 e. The second-order valence-corrected chi connectivity index (χ2v) is 11.6. The van der Waals surface area contributed by atoms with Crippen molar-refractivity contribution >= 4 is 26.7 Å². The molecular weight excluding hydrogens is 436 g/mol. The molecule has 0 fully saturated rings. The fourth-order valence-electron chi connectivity index (χ4n) is 2.22. The minimum atomic E-state index is -3.29. The van der Waals surface area contributed by atoms with Crippen LogP contribution in [0.4, 0.5) is 0 Å². The number of aliphatic hydroxyl groups is 1. The van der Waals surface area contributed by atoms with E-state index in [1.807, 2.05) is 0 Å². The number of carbonyl (C=O) groups is 1. The zero-order valence-corrected chi connectivity index (χ0v) is 19.8. The molecule has 0 aromatic carbocycles. The molecule has 3 unspecified atom stereocenters. The van der Waals surface area contributed by atoms with Gasteiger partial charge < -0.3 is 9.66 Å². The van der Waals surface area contributed by atoms with Gasteiger partial charge in [0.15, 0.2) is 15.6 Å². The SMILES string of the molecule is CC(C(O)C(C)(C)CCN=[N+]=[N-])S(=O)[O-].CC(C)(CCN=[N+]=[N-])C(=O)CS(C)(=O)=O. The molecule has 0 heterocycles. The first kappa shape index (κ1) is 30.5. The summed E-state index contributed by atoms with van der Waals surface area (Å²) in [7, 11) is -3.29. The molecule has 0 saturated carbocycles. The van der Waals surface area contributed by atoms with Crippen LogP contribution in [0.5, 0.6) is 0 Å². The molecule has 0 bridgehead atoms. The highest BCUT2D eigenvalue weighted by Crippen LogP contribution is 2.28. The Labute approximate surface area is 179 Å². The van der Waals surface area contributed by atoms with E-state index in [4.69, 9.17) is 11.1 Å². The van der Waals surface area contributed by atoms with E-state index in [2.05, 4.69) is 20.1 Å². The lowest BCUT2D eigenvalue weighted by Gasteiger charge is -2.35. The second-order valence-electron chi connectivity index (χ2n) is 8.19. The van der Waals surface area contributed by atoms with E-state index in [0.717, 1.165) is 6.26 Å². The van der Waals surface area contributed by atoms with Gasteiger partial charge in [-0.25, -0.2) is 8.42 Å². The fourth-order valence-corrected chi connectivity index (χ4v) is 3.66. The van der Waals surface area contributed by atoms with Gasteiger partial charge in [-0.05, 0) is 47.3 Å². The number of azide groups is 2. The number of ketones is 1. The van der Waals surface area contributed by atoms with Crippen molar-refractivity contribution in [2.24, 2.45) is 21.1 Å². The van der Waals surface area contributed by atoms with Crippen LogP contribution < -0.4 is 0 Å². The van der Waals surface area contributed by atoms with Gasteiger partial charge in [-0.1, -0.05) is 37.9 Å². The predicted molar refractivity (Wildman–Crippen MR) is 114 cm³/mol. The predicted octanol–water partition coefficient (Wildman–Crippen LogP) is 2.67. The molecule has 0 aromatic rings. The smallest absolute Gasteiger partial charge is 0.154 e. The van der Waals surface area contributed by atoms with Crippen LogP contribution in [0.3, 0.4) is 0 Å². The third-order valence-electron chi connectivity index (χ3n) is 4.52. The Bertz CT molecular complexity index is 786. The van der Waals surface area contributed by atoms with Crippen LogP contribution in [0, 0.1) is 10.8 Å². The molecule has 30 heavy (non-hydrogen) atoms. The van der Waals surface area contributed by atoms with Crippen LogP contribution in [0.2, 0.25) is 0 Å². The van der Waals surface area contributed by atoms with Crippen LogP contribution in [0.25, 0.3) is 20.9 Å². The molecule has 3 atom stereocenters. The van der Waals surface area contributed by atoms with Gasteiger partial charge in [0.25, 0.3) is 0 Å². The number of rotatable bonds is 12. The van der Waals surface area contributed by atoms with Gasteiger partial charge in [-0.2, -0.15) is 0 Å². The zero-order valence-electron chi connectivity index (χ0n) is 18.2. The minimum Gasteiger partial charge on any atom is -0.772 e. The Kier molecular flexibility index (Phi) is 13.8. The number of hydrogen-bond acceptors (Lipinski definition) is 8. The van der Waals surface area contributed by atoms with Crippen molar-refractivity contribution in [1.29, 1.82) is 0 Å². The van der Waals surface area contributed by atoms with E-state index in [0.29, 0.717) is 12.8 Å². The maximum atomic E-state index is 11.6. The molecule has 0 rings (SSSR count). The van der Waals surface area contributed by atoms with E-state index < -0.39 is 48.9 Å². The quantitative estimate of drug-likeness (QED) is 0.197. The Balaban J connectivity index is 0. The van der Waals surface area contributed by atoms with Crippen LogP contribution in [-0.4, -0.2) is 64.5 Å². The molecule has 0 aliphatic heterocycles. The molecule has 1 N–H and O–H groups in total. The number of carbonyl (C=O) groups excluding carboxylic acids is 1. The number of hydrogen-bond donors (Lipinski definition) is 1. The van der Waals surface area contributed by atoms with Crippen molar-refractivity contribution in [3.05, 3.63) is 20.9 Å². The zero-order chi connectivity index (χ0) is 24.2. The summed E-state index contributed by atoms with van der Waals surface area (Å²) < 4.78 is 43.2. The molecule has 0 aromatic heterocycles. The molecule has 0 spiro atoms. The van der Waals surface area contributed by atoms with Crippen molar-refractivity contribution in [3.8, 4) is 0 Å². The van der Waals surface area contributed by atoms with Crippen LogP contribution >= 0.6 is 0 Å². The maximum absolute atomic E-state index is 11.6. The van der Waals surface area contributed by atoms with Crippen LogP contribution in [0.1, 0.15) is 47.5 Å². The van der Waals surface area contributed by atoms with Crippen molar-refractivity contribution in [2.75, 3.05) is 25.1 Å². The van der Waals surface area contributed by atoms with Gasteiger partial charge in [-0.15, -0.1) is 0 Å². The van der Waals surface area contributed by atoms with Crippen LogP contribution in [-0.2, 0) is 25.7 Å². The lowest BCUT2D eigenvalue weighted by molar-refractivity contribution is -0.124. The average molecular weight is 468 g/mol. The normalized spacial score (nSPS) is 14.8. The van der Waals surface area contributed by atoms with E-state index in [9.17, 15) is 27.1 Å². The number of aliphatic hydroxyl groups excluding tert-OH is 1. The monoisotopic (exact) mass is 467 g/mol. The highest BCUT2D eigenvalue weighted by Gasteiger charge is 2.32. The average Bonchev–Trinajstić information content (AvgIpc) is 2.59. The highest BCUT2D eigenvalue weighted by atomic mass is 32.2. The third kappa shape index (κ3) is 13.5. The molecule has 174 valence electrons. The van der Waals surface area contributed by atoms with E-state index in [1.54, 1.807) is 27.7 Å². The van der Waals surface area contributed by atoms with Crippen molar-refractivity contribution in [3.63, 3.8) is 0 Å². The number of nitrogens with zero attached hydrogens (tertiary/aromatic N) is 6. The van der Waals surface area contributed by atoms with Gasteiger partial charge in [-0.3, -0.25) is 9.00 Å². The topological polar surface area (TPSA) is 209 Å². The molecule has 0 amide bonds. The van der Waals surface area contributed by atoms with Crippen LogP contribution in [0.15, 0.2) is 10.2 Å². The molecule has 12 nitrogen and oxygen atoms in total. The first-order valence-electron chi connectivity index (χ1n) is 9.00. The summed E-state index contributed by atoms with van der Waals surface area (Å²) in [6.07, 6.45) is 0.851. The van der Waals surface area contributed by atoms with Gasteiger partial charge in [0.2, 0.25) is 0 Å². The highest BCUT2D eigenvalue weighted by molar-refractivity contribution is 7.91. The van der Waals surface area contributed by atoms with Crippen molar-refractivity contribution in [2.45, 2.75) is 58.8 Å². The molecule has 0 saturated heterocycles. The van der Waals surface area contributed by atoms with Gasteiger partial charge >= 0.3 is 0 Å². The Morgan fingerprint density at radius 1 is 1.13 bits per heavy atom. The summed E-state index contributed by atoms with van der Waals surface area (Å²) >= 11 is -2.30. The summed E-state index contributed by atoms with van der Waals surface area (Å²) in [5.74, 6) is -0.811. The summed E-state index contributed by atoms with van der Waals surface area (Å²) in [5, 5.41) is 15.6. The van der Waals surface area contributed by atoms with Crippen molar-refractivity contribution in [1.82, 2.24) is 0 Å². The largest absolute Gasteiger partial charge is 0.772 e. The lowest BCUT2D eigenvalue weighted by Crippen LogP contribution is -2.40. The number of sulfone groups is 1. The third-order valence-corrected chi connectivity index (χ3v) is 6.17. The van der Waals surface area contributed by atoms with E-state index >= 15 is 0 Å². The minimum absolute atomic E-state index is 0.193. The molecule has 0 aliphatic carbocycles. The first-order chi connectivity index (χ1) is 13.5. The molecule has 0 radical (unpaired) electrons. The Morgan fingerprint density at radius 3 is 1.93 bits per heavy atom. The summed E-state index contributed by atoms with van der Waals surface area (Å²) in [5.41, 5.74) is 14.8. The van der Waals surface area contributed by atoms with Gasteiger partial charge in [0, 0.05) is 39.8 Å². The first-order valence-corrected chi connectivity index (χ1v) is 12.2. The Hall–Kier alpha value is -1.69. The summed E-state index contributed by atoms with van der Waals surface area (Å²) in [4.78, 5) is 16.7. The number of Topliss-reactive ketones (excluding diaryl/α,β-unsaturated/α-hetero) is 1.